The quantitative estimate of drug-likeness (QED) is 0.267. The molecule has 1 amide bonds. The van der Waals surface area contributed by atoms with Crippen LogP contribution in [0.5, 0.6) is 0 Å². The van der Waals surface area contributed by atoms with Crippen LogP contribution in [0, 0.1) is 5.41 Å². The van der Waals surface area contributed by atoms with Gasteiger partial charge in [0.1, 0.15) is 0 Å². The Bertz CT molecular complexity index is 1590. The lowest BCUT2D eigenvalue weighted by Gasteiger charge is -2.10. The number of carbonyl (C=O) groups is 1. The van der Waals surface area contributed by atoms with Crippen LogP contribution in [-0.2, 0) is 15.7 Å². The molecule has 0 saturated heterocycles. The first-order chi connectivity index (χ1) is 18.7. The van der Waals surface area contributed by atoms with Crippen molar-refractivity contribution in [3.05, 3.63) is 114 Å². The molecular formula is C27H20F3N7O2. The summed E-state index contributed by atoms with van der Waals surface area (Å²) in [4.78, 5) is 21.6. The Morgan fingerprint density at radius 1 is 1.00 bits per heavy atom. The summed E-state index contributed by atoms with van der Waals surface area (Å²) in [5.74, 6) is -0.919. The van der Waals surface area contributed by atoms with Crippen molar-refractivity contribution < 1.29 is 22.7 Å². The van der Waals surface area contributed by atoms with Gasteiger partial charge in [0.15, 0.2) is 5.69 Å². The first-order valence-electron chi connectivity index (χ1n) is 11.6. The molecule has 1 unspecified atom stereocenters. The number of aliphatic imine (C=N–C) groups is 2. The lowest BCUT2D eigenvalue weighted by atomic mass is 10.0. The third kappa shape index (κ3) is 5.54. The summed E-state index contributed by atoms with van der Waals surface area (Å²) in [5.41, 5.74) is 8.10. The number of nitrogens with two attached hydrogens (primary N) is 1. The van der Waals surface area contributed by atoms with Crippen molar-refractivity contribution in [3.63, 3.8) is 0 Å². The van der Waals surface area contributed by atoms with E-state index in [-0.39, 0.29) is 11.5 Å². The predicted molar refractivity (Wildman–Crippen MR) is 139 cm³/mol. The summed E-state index contributed by atoms with van der Waals surface area (Å²) < 4.78 is 44.9. The average Bonchev–Trinajstić information content (AvgIpc) is 3.39. The van der Waals surface area contributed by atoms with Gasteiger partial charge in [-0.15, -0.1) is 0 Å². The van der Waals surface area contributed by atoms with E-state index in [9.17, 15) is 18.0 Å². The first kappa shape index (κ1) is 25.4. The van der Waals surface area contributed by atoms with E-state index in [0.717, 1.165) is 16.3 Å². The van der Waals surface area contributed by atoms with Crippen LogP contribution in [0.1, 0.15) is 22.4 Å². The zero-order valence-electron chi connectivity index (χ0n) is 20.1. The number of aromatic nitrogens is 2. The van der Waals surface area contributed by atoms with Crippen LogP contribution in [0.4, 0.5) is 18.9 Å². The number of fused-ring (bicyclic) bond motifs is 1. The molecule has 1 aliphatic heterocycles. The van der Waals surface area contributed by atoms with Crippen molar-refractivity contribution in [3.8, 4) is 5.69 Å². The number of nitrogens with zero attached hydrogens (tertiary/aromatic N) is 4. The number of halogens is 3. The molecule has 1 atom stereocenters. The summed E-state index contributed by atoms with van der Waals surface area (Å²) in [6, 6.07) is 22.8. The van der Waals surface area contributed by atoms with Gasteiger partial charge in [-0.1, -0.05) is 48.5 Å². The monoisotopic (exact) mass is 531 g/mol. The molecule has 12 heteroatoms. The minimum absolute atomic E-state index is 0.270. The molecule has 0 fully saturated rings. The number of amidine groups is 1. The minimum Gasteiger partial charge on any atom is -0.407 e. The smallest absolute Gasteiger partial charge is 0.407 e. The Morgan fingerprint density at radius 3 is 2.38 bits per heavy atom. The topological polar surface area (TPSA) is 131 Å². The van der Waals surface area contributed by atoms with Gasteiger partial charge in [0, 0.05) is 22.9 Å². The first-order valence-corrected chi connectivity index (χ1v) is 11.6. The Balaban J connectivity index is 1.35. The van der Waals surface area contributed by atoms with Crippen LogP contribution in [-0.4, -0.2) is 39.5 Å². The molecule has 4 aromatic rings. The maximum absolute atomic E-state index is 12.9. The molecule has 0 spiro atoms. The lowest BCUT2D eigenvalue weighted by Crippen LogP contribution is -2.29. The van der Waals surface area contributed by atoms with Crippen LogP contribution < -0.4 is 11.1 Å². The van der Waals surface area contributed by atoms with Crippen molar-refractivity contribution in [2.75, 3.05) is 5.32 Å². The number of hydrogen-bond acceptors (Lipinski definition) is 6. The number of nitrogens with one attached hydrogen (secondary N) is 2. The third-order valence-electron chi connectivity index (χ3n) is 5.70. The highest BCUT2D eigenvalue weighted by atomic mass is 19.4. The Morgan fingerprint density at radius 2 is 1.69 bits per heavy atom. The van der Waals surface area contributed by atoms with Gasteiger partial charge in [-0.3, -0.25) is 10.2 Å². The fourth-order valence-corrected chi connectivity index (χ4v) is 3.85. The number of hydrogen-bond donors (Lipinski definition) is 3. The maximum Gasteiger partial charge on any atom is 0.435 e. The summed E-state index contributed by atoms with van der Waals surface area (Å²) in [6.45, 7) is 0. The van der Waals surface area contributed by atoms with E-state index in [0.29, 0.717) is 22.6 Å². The van der Waals surface area contributed by atoms with Crippen LogP contribution in [0.2, 0.25) is 0 Å². The Hall–Kier alpha value is -5.26. The molecule has 0 radical (unpaired) electrons. The molecule has 1 aromatic heterocycles. The molecule has 1 aliphatic rings. The molecule has 4 N–H and O–H groups in total. The van der Waals surface area contributed by atoms with E-state index >= 15 is 0 Å². The van der Waals surface area contributed by atoms with Gasteiger partial charge in [-0.05, 0) is 36.4 Å². The molecule has 39 heavy (non-hydrogen) atoms. The molecule has 0 bridgehead atoms. The number of amides is 1. The zero-order valence-corrected chi connectivity index (χ0v) is 20.1. The van der Waals surface area contributed by atoms with Gasteiger partial charge in [0.25, 0.3) is 11.9 Å². The van der Waals surface area contributed by atoms with E-state index in [1.807, 2.05) is 42.5 Å². The minimum atomic E-state index is -4.55. The number of carbonyl (C=O) groups excluding carboxylic acids is 1. The largest absolute Gasteiger partial charge is 0.435 e. The standard InChI is InChI=1S/C27H20F3N7O2/c28-27(29,30)21-14-15-37(36-21)18-12-10-17(11-13-18)23(31)39-26(32)35-24-25(38)33-20-9-5-4-8-19(20)22(34-24)16-6-2-1-3-7-16/h1-15,24,31H,(H2,32,35)(H,33,38). The van der Waals surface area contributed by atoms with Gasteiger partial charge in [-0.25, -0.2) is 9.67 Å². The second-order valence-electron chi connectivity index (χ2n) is 8.34. The van der Waals surface area contributed by atoms with E-state index < -0.39 is 30.0 Å². The molecule has 3 aromatic carbocycles. The third-order valence-corrected chi connectivity index (χ3v) is 5.70. The molecule has 0 saturated carbocycles. The van der Waals surface area contributed by atoms with E-state index in [2.05, 4.69) is 20.4 Å². The SMILES string of the molecule is N=C(O/C(N)=N/C1N=C(c2ccccc2)c2ccccc2NC1=O)c1ccc(-n2ccc(C(F)(F)F)n2)cc1. The van der Waals surface area contributed by atoms with E-state index in [4.69, 9.17) is 15.9 Å². The highest BCUT2D eigenvalue weighted by Crippen LogP contribution is 2.28. The van der Waals surface area contributed by atoms with Crippen LogP contribution in [0.3, 0.4) is 0 Å². The zero-order chi connectivity index (χ0) is 27.6. The average molecular weight is 531 g/mol. The Labute approximate surface area is 220 Å². The van der Waals surface area contributed by atoms with Gasteiger partial charge < -0.3 is 15.8 Å². The number of benzodiazepines with no additional fused rings is 1. The number of ether oxygens (including phenoxy) is 1. The van der Waals surface area contributed by atoms with Gasteiger partial charge in [-0.2, -0.15) is 23.3 Å². The number of para-hydroxylation sites is 1. The molecule has 5 rings (SSSR count). The fourth-order valence-electron chi connectivity index (χ4n) is 3.85. The van der Waals surface area contributed by atoms with Gasteiger partial charge in [0.05, 0.1) is 17.1 Å². The number of benzene rings is 3. The highest BCUT2D eigenvalue weighted by molar-refractivity contribution is 6.19. The van der Waals surface area contributed by atoms with Gasteiger partial charge >= 0.3 is 6.18 Å². The summed E-state index contributed by atoms with van der Waals surface area (Å²) in [7, 11) is 0. The van der Waals surface area contributed by atoms with E-state index in [1.54, 1.807) is 12.1 Å². The molecule has 0 aliphatic carbocycles. The molecule has 9 nitrogen and oxygen atoms in total. The Kier molecular flexibility index (Phi) is 6.67. The van der Waals surface area contributed by atoms with Crippen molar-refractivity contribution >= 4 is 29.2 Å². The van der Waals surface area contributed by atoms with Gasteiger partial charge in [0.2, 0.25) is 12.1 Å². The second kappa shape index (κ2) is 10.2. The van der Waals surface area contributed by atoms with Crippen molar-refractivity contribution in [1.82, 2.24) is 9.78 Å². The number of anilines is 1. The molecule has 196 valence electrons. The summed E-state index contributed by atoms with van der Waals surface area (Å²) >= 11 is 0. The van der Waals surface area contributed by atoms with Crippen LogP contribution in [0.25, 0.3) is 5.69 Å². The fraction of sp³-hybridized carbons (Fsp3) is 0.0741. The maximum atomic E-state index is 12.9. The highest BCUT2D eigenvalue weighted by Gasteiger charge is 2.33. The lowest BCUT2D eigenvalue weighted by molar-refractivity contribution is -0.141. The van der Waals surface area contributed by atoms with Crippen molar-refractivity contribution in [2.24, 2.45) is 15.7 Å². The molecular weight excluding hydrogens is 511 g/mol. The van der Waals surface area contributed by atoms with Crippen LogP contribution >= 0.6 is 0 Å². The molecule has 2 heterocycles. The van der Waals surface area contributed by atoms with Crippen molar-refractivity contribution in [2.45, 2.75) is 12.3 Å². The number of alkyl halides is 3. The summed E-state index contributed by atoms with van der Waals surface area (Å²) in [6.07, 6.45) is -4.66. The van der Waals surface area contributed by atoms with Crippen molar-refractivity contribution in [1.29, 1.82) is 5.41 Å². The summed E-state index contributed by atoms with van der Waals surface area (Å²) in [5, 5.41) is 14.5. The second-order valence-corrected chi connectivity index (χ2v) is 8.34. The van der Waals surface area contributed by atoms with Crippen LogP contribution in [0.15, 0.2) is 101 Å². The number of rotatable bonds is 4. The van der Waals surface area contributed by atoms with E-state index in [1.165, 1.54) is 30.5 Å². The predicted octanol–water partition coefficient (Wildman–Crippen LogP) is 4.36. The normalized spacial score (nSPS) is 15.6.